The molecule has 0 aliphatic carbocycles. The van der Waals surface area contributed by atoms with Crippen molar-refractivity contribution in [3.05, 3.63) is 63.4 Å². The zero-order valence-electron chi connectivity index (χ0n) is 13.7. The maximum Gasteiger partial charge on any atom is 0.238 e. The van der Waals surface area contributed by atoms with E-state index < -0.39 is 11.4 Å². The summed E-state index contributed by atoms with van der Waals surface area (Å²) in [6, 6.07) is 10.7. The first-order valence-corrected chi connectivity index (χ1v) is 8.18. The summed E-state index contributed by atoms with van der Waals surface area (Å²) in [6.07, 6.45) is 0. The maximum atomic E-state index is 13.2. The molecule has 0 unspecified atom stereocenters. The summed E-state index contributed by atoms with van der Waals surface area (Å²) in [7, 11) is 0. The van der Waals surface area contributed by atoms with Crippen molar-refractivity contribution in [2.75, 3.05) is 11.9 Å². The Morgan fingerprint density at radius 3 is 2.60 bits per heavy atom. The molecule has 0 bridgehead atoms. The molecular formula is C18H16Cl2FN3O. The summed E-state index contributed by atoms with van der Waals surface area (Å²) >= 11 is 12.0. The third-order valence-electron chi connectivity index (χ3n) is 3.67. The summed E-state index contributed by atoms with van der Waals surface area (Å²) in [5, 5.41) is 15.5. The summed E-state index contributed by atoms with van der Waals surface area (Å²) in [5.41, 5.74) is 0.677. The first kappa shape index (κ1) is 19.2. The zero-order valence-corrected chi connectivity index (χ0v) is 15.2. The van der Waals surface area contributed by atoms with Crippen molar-refractivity contribution >= 4 is 34.8 Å². The number of nitrogens with one attached hydrogen (secondary N) is 2. The van der Waals surface area contributed by atoms with E-state index in [1.807, 2.05) is 19.9 Å². The number of hydrogen-bond donors (Lipinski definition) is 2. The van der Waals surface area contributed by atoms with Gasteiger partial charge in [-0.25, -0.2) is 4.39 Å². The smallest absolute Gasteiger partial charge is 0.238 e. The molecule has 130 valence electrons. The van der Waals surface area contributed by atoms with E-state index in [4.69, 9.17) is 28.5 Å². The largest absolute Gasteiger partial charge is 0.324 e. The fourth-order valence-corrected chi connectivity index (χ4v) is 2.88. The normalized spacial score (nSPS) is 11.0. The number of carbonyl (C=O) groups is 1. The van der Waals surface area contributed by atoms with Gasteiger partial charge in [0.2, 0.25) is 5.91 Å². The van der Waals surface area contributed by atoms with Crippen LogP contribution in [0.4, 0.5) is 10.1 Å². The lowest BCUT2D eigenvalue weighted by Gasteiger charge is -2.27. The van der Waals surface area contributed by atoms with Gasteiger partial charge in [0, 0.05) is 15.6 Å². The average Bonchev–Trinajstić information content (AvgIpc) is 2.53. The molecule has 25 heavy (non-hydrogen) atoms. The number of nitriles is 1. The summed E-state index contributed by atoms with van der Waals surface area (Å²) in [4.78, 5) is 12.2. The monoisotopic (exact) mass is 379 g/mol. The number of halogens is 3. The van der Waals surface area contributed by atoms with Crippen LogP contribution in [0.5, 0.6) is 0 Å². The molecule has 2 aromatic carbocycles. The van der Waals surface area contributed by atoms with Crippen LogP contribution in [0.2, 0.25) is 10.0 Å². The molecule has 0 aliphatic rings. The first-order valence-electron chi connectivity index (χ1n) is 7.43. The second kappa shape index (κ2) is 7.83. The van der Waals surface area contributed by atoms with E-state index in [9.17, 15) is 9.18 Å². The highest BCUT2D eigenvalue weighted by Crippen LogP contribution is 2.28. The topological polar surface area (TPSA) is 64.9 Å². The Morgan fingerprint density at radius 1 is 1.24 bits per heavy atom. The van der Waals surface area contributed by atoms with Crippen molar-refractivity contribution in [2.24, 2.45) is 0 Å². The van der Waals surface area contributed by atoms with E-state index >= 15 is 0 Å². The lowest BCUT2D eigenvalue weighted by Crippen LogP contribution is -2.41. The van der Waals surface area contributed by atoms with Crippen LogP contribution in [-0.4, -0.2) is 12.5 Å². The van der Waals surface area contributed by atoms with Crippen LogP contribution in [0.1, 0.15) is 25.0 Å². The van der Waals surface area contributed by atoms with Crippen molar-refractivity contribution in [1.29, 1.82) is 5.26 Å². The highest BCUT2D eigenvalue weighted by Gasteiger charge is 2.24. The number of carbonyl (C=O) groups excluding carboxylic acids is 1. The Bertz CT molecular complexity index is 847. The van der Waals surface area contributed by atoms with Crippen LogP contribution in [-0.2, 0) is 10.3 Å². The van der Waals surface area contributed by atoms with Crippen LogP contribution in [0, 0.1) is 17.1 Å². The van der Waals surface area contributed by atoms with Gasteiger partial charge in [-0.3, -0.25) is 10.1 Å². The van der Waals surface area contributed by atoms with Crippen molar-refractivity contribution < 1.29 is 9.18 Å². The SMILES string of the molecule is CC(C)(NCC(=O)Nc1cc(Cl)ccc1C#N)c1ccc(F)cc1Cl. The molecule has 0 heterocycles. The predicted octanol–water partition coefficient (Wildman–Crippen LogP) is 4.47. The first-order chi connectivity index (χ1) is 11.7. The van der Waals surface area contributed by atoms with Crippen LogP contribution in [0.15, 0.2) is 36.4 Å². The van der Waals surface area contributed by atoms with Gasteiger partial charge >= 0.3 is 0 Å². The molecule has 0 aromatic heterocycles. The van der Waals surface area contributed by atoms with Gasteiger partial charge in [0.25, 0.3) is 0 Å². The molecule has 1 amide bonds. The molecule has 4 nitrogen and oxygen atoms in total. The molecule has 0 aliphatic heterocycles. The highest BCUT2D eigenvalue weighted by molar-refractivity contribution is 6.31. The molecule has 2 rings (SSSR count). The van der Waals surface area contributed by atoms with Gasteiger partial charge in [-0.2, -0.15) is 5.26 Å². The summed E-state index contributed by atoms with van der Waals surface area (Å²) in [5.74, 6) is -0.766. The lowest BCUT2D eigenvalue weighted by molar-refractivity contribution is -0.115. The van der Waals surface area contributed by atoms with Crippen LogP contribution in [0.3, 0.4) is 0 Å². The van der Waals surface area contributed by atoms with Crippen molar-refractivity contribution in [3.8, 4) is 6.07 Å². The fourth-order valence-electron chi connectivity index (χ4n) is 2.30. The second-order valence-electron chi connectivity index (χ2n) is 5.95. The molecule has 2 N–H and O–H groups in total. The Hall–Kier alpha value is -2.13. The minimum absolute atomic E-state index is 0.0297. The standard InChI is InChI=1S/C18H16Cl2FN3O/c1-18(2,14-6-5-13(21)8-15(14)20)23-10-17(25)24-16-7-12(19)4-3-11(16)9-22/h3-8,23H,10H2,1-2H3,(H,24,25). The predicted molar refractivity (Wildman–Crippen MR) is 97.2 cm³/mol. The number of benzene rings is 2. The molecule has 0 atom stereocenters. The quantitative estimate of drug-likeness (QED) is 0.805. The lowest BCUT2D eigenvalue weighted by atomic mass is 9.94. The van der Waals surface area contributed by atoms with Gasteiger partial charge in [0.05, 0.1) is 17.8 Å². The number of amides is 1. The molecule has 7 heteroatoms. The van der Waals surface area contributed by atoms with Gasteiger partial charge in [-0.1, -0.05) is 29.3 Å². The van der Waals surface area contributed by atoms with E-state index in [0.717, 1.165) is 0 Å². The number of hydrogen-bond acceptors (Lipinski definition) is 3. The minimum atomic E-state index is -0.658. The van der Waals surface area contributed by atoms with E-state index in [1.165, 1.54) is 24.3 Å². The Balaban J connectivity index is 2.06. The Morgan fingerprint density at radius 2 is 1.96 bits per heavy atom. The van der Waals surface area contributed by atoms with Crippen molar-refractivity contribution in [3.63, 3.8) is 0 Å². The maximum absolute atomic E-state index is 13.2. The average molecular weight is 380 g/mol. The molecule has 2 aromatic rings. The Kier molecular flexibility index (Phi) is 6.02. The molecule has 0 spiro atoms. The van der Waals surface area contributed by atoms with Crippen LogP contribution >= 0.6 is 23.2 Å². The van der Waals surface area contributed by atoms with Gasteiger partial charge in [-0.05, 0) is 49.7 Å². The summed E-state index contributed by atoms with van der Waals surface area (Å²) < 4.78 is 13.2. The zero-order chi connectivity index (χ0) is 18.6. The molecular weight excluding hydrogens is 364 g/mol. The van der Waals surface area contributed by atoms with Crippen LogP contribution in [0.25, 0.3) is 0 Å². The third-order valence-corrected chi connectivity index (χ3v) is 4.22. The molecule has 0 saturated heterocycles. The van der Waals surface area contributed by atoms with Gasteiger partial charge in [-0.15, -0.1) is 0 Å². The van der Waals surface area contributed by atoms with Gasteiger partial charge in [0.1, 0.15) is 11.9 Å². The van der Waals surface area contributed by atoms with Crippen molar-refractivity contribution in [2.45, 2.75) is 19.4 Å². The number of nitrogens with zero attached hydrogens (tertiary/aromatic N) is 1. The van der Waals surface area contributed by atoms with Gasteiger partial charge in [0.15, 0.2) is 0 Å². The molecule has 0 fully saturated rings. The van der Waals surface area contributed by atoms with E-state index in [1.54, 1.807) is 12.1 Å². The third kappa shape index (κ3) is 4.93. The number of rotatable bonds is 5. The van der Waals surface area contributed by atoms with Crippen LogP contribution < -0.4 is 10.6 Å². The second-order valence-corrected chi connectivity index (χ2v) is 6.80. The molecule has 0 radical (unpaired) electrons. The van der Waals surface area contributed by atoms with Crippen molar-refractivity contribution in [1.82, 2.24) is 5.32 Å². The molecule has 0 saturated carbocycles. The van der Waals surface area contributed by atoms with Gasteiger partial charge < -0.3 is 5.32 Å². The van der Waals surface area contributed by atoms with E-state index in [-0.39, 0.29) is 17.5 Å². The fraction of sp³-hybridized carbons (Fsp3) is 0.222. The minimum Gasteiger partial charge on any atom is -0.324 e. The van der Waals surface area contributed by atoms with E-state index in [0.29, 0.717) is 21.8 Å². The summed E-state index contributed by atoms with van der Waals surface area (Å²) in [6.45, 7) is 3.64. The van der Waals surface area contributed by atoms with E-state index in [2.05, 4.69) is 10.6 Å². The number of anilines is 1. The Labute approximate surface area is 155 Å². The highest BCUT2D eigenvalue weighted by atomic mass is 35.5.